The number of benzene rings is 2. The molecule has 170 valence electrons. The molecule has 1 atom stereocenters. The van der Waals surface area contributed by atoms with Crippen molar-refractivity contribution < 1.29 is 19.3 Å². The lowest BCUT2D eigenvalue weighted by atomic mass is 9.85. The van der Waals surface area contributed by atoms with Crippen LogP contribution < -0.4 is 14.2 Å². The van der Waals surface area contributed by atoms with Gasteiger partial charge < -0.3 is 23.9 Å². The molecule has 1 aromatic heterocycles. The Morgan fingerprint density at radius 2 is 1.97 bits per heavy atom. The third-order valence-corrected chi connectivity index (χ3v) is 7.03. The van der Waals surface area contributed by atoms with Crippen molar-refractivity contribution in [3.8, 4) is 17.2 Å². The highest BCUT2D eigenvalue weighted by Gasteiger charge is 2.36. The van der Waals surface area contributed by atoms with Gasteiger partial charge in [0.1, 0.15) is 12.5 Å². The predicted octanol–water partition coefficient (Wildman–Crippen LogP) is 4.44. The molecule has 6 heteroatoms. The van der Waals surface area contributed by atoms with Gasteiger partial charge in [0, 0.05) is 30.2 Å². The van der Waals surface area contributed by atoms with E-state index in [0.717, 1.165) is 61.5 Å². The highest BCUT2D eigenvalue weighted by molar-refractivity contribution is 5.87. The molecule has 3 aromatic rings. The summed E-state index contributed by atoms with van der Waals surface area (Å²) in [6, 6.07) is 10.8. The molecule has 0 fully saturated rings. The van der Waals surface area contributed by atoms with Gasteiger partial charge in [-0.25, -0.2) is 0 Å². The van der Waals surface area contributed by atoms with Gasteiger partial charge >= 0.3 is 0 Å². The minimum absolute atomic E-state index is 0.0143. The summed E-state index contributed by atoms with van der Waals surface area (Å²) >= 11 is 0. The molecule has 0 saturated heterocycles. The van der Waals surface area contributed by atoms with Crippen molar-refractivity contribution in [1.29, 1.82) is 0 Å². The van der Waals surface area contributed by atoms with Crippen molar-refractivity contribution in [3.63, 3.8) is 0 Å². The van der Waals surface area contributed by atoms with Crippen LogP contribution in [0.5, 0.6) is 17.2 Å². The van der Waals surface area contributed by atoms with E-state index in [-0.39, 0.29) is 12.8 Å². The van der Waals surface area contributed by atoms with Crippen LogP contribution >= 0.6 is 0 Å². The van der Waals surface area contributed by atoms with E-state index in [1.165, 1.54) is 27.8 Å². The summed E-state index contributed by atoms with van der Waals surface area (Å²) in [5.74, 6) is 2.51. The van der Waals surface area contributed by atoms with Crippen LogP contribution in [0.15, 0.2) is 30.3 Å². The number of aromatic nitrogens is 1. The molecule has 6 nitrogen and oxygen atoms in total. The van der Waals surface area contributed by atoms with Gasteiger partial charge in [0.2, 0.25) is 0 Å². The van der Waals surface area contributed by atoms with E-state index in [1.54, 1.807) is 14.2 Å². The average Bonchev–Trinajstić information content (AvgIpc) is 3.14. The molecule has 0 amide bonds. The van der Waals surface area contributed by atoms with Gasteiger partial charge in [-0.3, -0.25) is 4.90 Å². The summed E-state index contributed by atoms with van der Waals surface area (Å²) in [7, 11) is 3.41. The Morgan fingerprint density at radius 1 is 1.09 bits per heavy atom. The molecule has 2 aliphatic heterocycles. The zero-order valence-corrected chi connectivity index (χ0v) is 19.2. The number of ether oxygens (including phenoxy) is 3. The minimum atomic E-state index is -0.0143. The second kappa shape index (κ2) is 8.68. The topological polar surface area (TPSA) is 56.1 Å². The largest absolute Gasteiger partial charge is 0.497 e. The first-order valence-corrected chi connectivity index (χ1v) is 11.5. The molecular formula is C26H32N2O4. The predicted molar refractivity (Wildman–Crippen MR) is 125 cm³/mol. The number of methoxy groups -OCH3 is 2. The van der Waals surface area contributed by atoms with E-state index in [2.05, 4.69) is 36.1 Å². The van der Waals surface area contributed by atoms with Gasteiger partial charge in [-0.15, -0.1) is 0 Å². The number of fused-ring (bicyclic) bond motifs is 6. The second-order valence-corrected chi connectivity index (χ2v) is 8.72. The smallest absolute Gasteiger partial charge is 0.161 e. The normalized spacial score (nSPS) is 17.6. The van der Waals surface area contributed by atoms with E-state index >= 15 is 0 Å². The first kappa shape index (κ1) is 21.2. The average molecular weight is 437 g/mol. The van der Waals surface area contributed by atoms with Crippen molar-refractivity contribution in [3.05, 3.63) is 52.7 Å². The Hall–Kier alpha value is -2.70. The van der Waals surface area contributed by atoms with E-state index in [4.69, 9.17) is 14.2 Å². The van der Waals surface area contributed by atoms with Gasteiger partial charge in [0.15, 0.2) is 11.5 Å². The highest BCUT2D eigenvalue weighted by atomic mass is 16.5. The van der Waals surface area contributed by atoms with Gasteiger partial charge in [-0.1, -0.05) is 13.3 Å². The molecule has 5 rings (SSSR count). The van der Waals surface area contributed by atoms with E-state index < -0.39 is 0 Å². The molecule has 1 N–H and O–H groups in total. The SMILES string of the molecule is CCCCOc1cc2c(cc1OC)C1Cc3c(n(CO)c4ccc(OC)cc34)CN1CC2. The third kappa shape index (κ3) is 3.42. The van der Waals surface area contributed by atoms with Crippen molar-refractivity contribution in [1.82, 2.24) is 9.47 Å². The maximum atomic E-state index is 10.1. The second-order valence-electron chi connectivity index (χ2n) is 8.72. The summed E-state index contributed by atoms with van der Waals surface area (Å²) < 4.78 is 19.3. The molecule has 0 spiro atoms. The molecule has 1 unspecified atom stereocenters. The molecule has 2 aromatic carbocycles. The summed E-state index contributed by atoms with van der Waals surface area (Å²) in [5, 5.41) is 11.3. The Kier molecular flexibility index (Phi) is 5.74. The maximum Gasteiger partial charge on any atom is 0.161 e. The standard InChI is InChI=1S/C26H32N2O4/c1-4-5-10-32-26-11-17-8-9-27-15-24-21(13-23(27)19(17)14-25(26)31-3)20-12-18(30-2)6-7-22(20)28(24)16-29/h6-7,11-12,14,23,29H,4-5,8-10,13,15-16H2,1-3H3. The molecule has 3 heterocycles. The Labute approximate surface area is 189 Å². The minimum Gasteiger partial charge on any atom is -0.497 e. The zero-order valence-electron chi connectivity index (χ0n) is 19.2. The Morgan fingerprint density at radius 3 is 2.72 bits per heavy atom. The lowest BCUT2D eigenvalue weighted by Crippen LogP contribution is -2.39. The van der Waals surface area contributed by atoms with Crippen LogP contribution in [0, 0.1) is 0 Å². The van der Waals surface area contributed by atoms with Crippen LogP contribution in [0.1, 0.15) is 48.2 Å². The highest BCUT2D eigenvalue weighted by Crippen LogP contribution is 2.45. The van der Waals surface area contributed by atoms with Crippen molar-refractivity contribution in [2.24, 2.45) is 0 Å². The quantitative estimate of drug-likeness (QED) is 0.555. The summed E-state index contributed by atoms with van der Waals surface area (Å²) in [6.07, 6.45) is 4.04. The molecule has 0 saturated carbocycles. The van der Waals surface area contributed by atoms with Crippen LogP contribution in [0.4, 0.5) is 0 Å². The van der Waals surface area contributed by atoms with Crippen LogP contribution in [0.25, 0.3) is 10.9 Å². The van der Waals surface area contributed by atoms with Gasteiger partial charge in [0.25, 0.3) is 0 Å². The molecule has 0 aliphatic carbocycles. The summed E-state index contributed by atoms with van der Waals surface area (Å²) in [5.41, 5.74) is 6.27. The third-order valence-electron chi connectivity index (χ3n) is 7.03. The molecule has 0 radical (unpaired) electrons. The fourth-order valence-corrected chi connectivity index (χ4v) is 5.33. The number of hydrogen-bond donors (Lipinski definition) is 1. The maximum absolute atomic E-state index is 10.1. The van der Waals surface area contributed by atoms with E-state index in [0.29, 0.717) is 6.61 Å². The van der Waals surface area contributed by atoms with Crippen LogP contribution in [-0.2, 0) is 26.1 Å². The van der Waals surface area contributed by atoms with Crippen LogP contribution in [-0.4, -0.2) is 41.9 Å². The Bertz CT molecular complexity index is 1140. The van der Waals surface area contributed by atoms with E-state index in [1.807, 2.05) is 10.6 Å². The summed E-state index contributed by atoms with van der Waals surface area (Å²) in [4.78, 5) is 2.53. The number of hydrogen-bond acceptors (Lipinski definition) is 5. The van der Waals surface area contributed by atoms with Crippen molar-refractivity contribution in [2.75, 3.05) is 27.4 Å². The molecular weight excluding hydrogens is 404 g/mol. The molecule has 2 aliphatic rings. The van der Waals surface area contributed by atoms with Gasteiger partial charge in [0.05, 0.1) is 26.3 Å². The number of unbranched alkanes of at least 4 members (excludes halogenated alkanes) is 1. The summed E-state index contributed by atoms with van der Waals surface area (Å²) in [6.45, 7) is 4.69. The lowest BCUT2D eigenvalue weighted by molar-refractivity contribution is 0.145. The van der Waals surface area contributed by atoms with Crippen molar-refractivity contribution >= 4 is 10.9 Å². The number of aliphatic hydroxyl groups excluding tert-OH is 1. The number of nitrogens with zero attached hydrogens (tertiary/aromatic N) is 2. The van der Waals surface area contributed by atoms with Crippen molar-refractivity contribution in [2.45, 2.75) is 51.9 Å². The number of rotatable bonds is 7. The van der Waals surface area contributed by atoms with E-state index in [9.17, 15) is 5.11 Å². The zero-order chi connectivity index (χ0) is 22.2. The fraction of sp³-hybridized carbons (Fsp3) is 0.462. The first-order valence-electron chi connectivity index (χ1n) is 11.5. The van der Waals surface area contributed by atoms with Crippen LogP contribution in [0.2, 0.25) is 0 Å². The van der Waals surface area contributed by atoms with Crippen LogP contribution in [0.3, 0.4) is 0 Å². The molecule has 0 bridgehead atoms. The van der Waals surface area contributed by atoms with Gasteiger partial charge in [-0.2, -0.15) is 0 Å². The number of aliphatic hydroxyl groups is 1. The molecule has 32 heavy (non-hydrogen) atoms. The first-order chi connectivity index (χ1) is 15.7. The fourth-order valence-electron chi connectivity index (χ4n) is 5.33. The van der Waals surface area contributed by atoms with Gasteiger partial charge in [-0.05, 0) is 66.3 Å². The lowest BCUT2D eigenvalue weighted by Gasteiger charge is -2.41. The monoisotopic (exact) mass is 436 g/mol. The Balaban J connectivity index is 1.55.